The predicted molar refractivity (Wildman–Crippen MR) is 74.2 cm³/mol. The third-order valence-corrected chi connectivity index (χ3v) is 2.86. The maximum atomic E-state index is 11.8. The summed E-state index contributed by atoms with van der Waals surface area (Å²) in [6.45, 7) is 3.72. The Kier molecular flexibility index (Phi) is 3.72. The Bertz CT molecular complexity index is 547. The van der Waals surface area contributed by atoms with Crippen LogP contribution in [0.5, 0.6) is 0 Å². The van der Waals surface area contributed by atoms with Gasteiger partial charge in [0.25, 0.3) is 0 Å². The van der Waals surface area contributed by atoms with Crippen molar-refractivity contribution in [1.82, 2.24) is 4.57 Å². The number of anilines is 1. The van der Waals surface area contributed by atoms with Crippen molar-refractivity contribution in [3.05, 3.63) is 47.7 Å². The highest BCUT2D eigenvalue weighted by Crippen LogP contribution is 2.25. The molecule has 2 aromatic rings. The molecule has 94 valence electrons. The zero-order valence-electron chi connectivity index (χ0n) is 10.4. The maximum absolute atomic E-state index is 11.8. The lowest BCUT2D eigenvalue weighted by Crippen LogP contribution is -2.18. The van der Waals surface area contributed by atoms with Crippen LogP contribution >= 0.6 is 11.6 Å². The first-order valence-electron chi connectivity index (χ1n) is 5.81. The number of hydrogen-bond donors (Lipinski definition) is 1. The molecule has 1 aromatic carbocycles. The van der Waals surface area contributed by atoms with Gasteiger partial charge in [-0.05, 0) is 30.3 Å². The minimum atomic E-state index is -0.0572. The number of nitrogens with zero attached hydrogens (tertiary/aromatic N) is 1. The van der Waals surface area contributed by atoms with Gasteiger partial charge in [-0.15, -0.1) is 0 Å². The summed E-state index contributed by atoms with van der Waals surface area (Å²) in [4.78, 5) is 11.8. The molecule has 1 N–H and O–H groups in total. The van der Waals surface area contributed by atoms with Gasteiger partial charge in [-0.2, -0.15) is 0 Å². The predicted octanol–water partition coefficient (Wildman–Crippen LogP) is 3.73. The molecule has 1 aromatic heterocycles. The molecule has 0 fully saturated rings. The average molecular weight is 263 g/mol. The monoisotopic (exact) mass is 262 g/mol. The number of amides is 1. The van der Waals surface area contributed by atoms with E-state index in [9.17, 15) is 4.79 Å². The topological polar surface area (TPSA) is 34.0 Å². The minimum Gasteiger partial charge on any atom is -0.324 e. The lowest BCUT2D eigenvalue weighted by Gasteiger charge is -2.13. The molecular formula is C14H15ClN2O. The van der Waals surface area contributed by atoms with Gasteiger partial charge in [0.2, 0.25) is 5.91 Å². The van der Waals surface area contributed by atoms with E-state index in [1.54, 1.807) is 6.07 Å². The SMILES string of the molecule is CC(C)C(=O)Nc1ccc(Cl)cc1-n1cccc1. The zero-order valence-corrected chi connectivity index (χ0v) is 11.1. The first-order chi connectivity index (χ1) is 8.58. The van der Waals surface area contributed by atoms with Gasteiger partial charge >= 0.3 is 0 Å². The van der Waals surface area contributed by atoms with Crippen LogP contribution in [-0.2, 0) is 4.79 Å². The number of rotatable bonds is 3. The number of hydrogen-bond acceptors (Lipinski definition) is 1. The minimum absolute atomic E-state index is 0.00858. The highest BCUT2D eigenvalue weighted by atomic mass is 35.5. The van der Waals surface area contributed by atoms with Crippen molar-refractivity contribution in [2.45, 2.75) is 13.8 Å². The molecule has 1 heterocycles. The fraction of sp³-hybridized carbons (Fsp3) is 0.214. The van der Waals surface area contributed by atoms with E-state index in [4.69, 9.17) is 11.6 Å². The van der Waals surface area contributed by atoms with E-state index in [0.29, 0.717) is 5.02 Å². The summed E-state index contributed by atoms with van der Waals surface area (Å²) in [5, 5.41) is 3.55. The molecule has 2 rings (SSSR count). The van der Waals surface area contributed by atoms with Crippen LogP contribution in [0.3, 0.4) is 0 Å². The Hall–Kier alpha value is -1.74. The van der Waals surface area contributed by atoms with Crippen LogP contribution in [0.15, 0.2) is 42.7 Å². The molecule has 0 aliphatic carbocycles. The number of halogens is 1. The number of benzene rings is 1. The summed E-state index contributed by atoms with van der Waals surface area (Å²) < 4.78 is 1.92. The lowest BCUT2D eigenvalue weighted by molar-refractivity contribution is -0.118. The molecule has 0 saturated heterocycles. The highest BCUT2D eigenvalue weighted by molar-refractivity contribution is 6.30. The van der Waals surface area contributed by atoms with Gasteiger partial charge in [0, 0.05) is 23.3 Å². The van der Waals surface area contributed by atoms with Gasteiger partial charge in [-0.25, -0.2) is 0 Å². The molecule has 0 aliphatic heterocycles. The van der Waals surface area contributed by atoms with Gasteiger partial charge in [0.1, 0.15) is 0 Å². The number of carbonyl (C=O) groups excluding carboxylic acids is 1. The van der Waals surface area contributed by atoms with E-state index in [1.807, 2.05) is 55.1 Å². The number of carbonyl (C=O) groups is 1. The smallest absolute Gasteiger partial charge is 0.226 e. The number of nitrogens with one attached hydrogen (secondary N) is 1. The summed E-state index contributed by atoms with van der Waals surface area (Å²) in [5.41, 5.74) is 1.62. The summed E-state index contributed by atoms with van der Waals surface area (Å²) in [6, 6.07) is 9.27. The molecule has 3 nitrogen and oxygen atoms in total. The second kappa shape index (κ2) is 5.27. The first kappa shape index (κ1) is 12.7. The third-order valence-electron chi connectivity index (χ3n) is 2.62. The van der Waals surface area contributed by atoms with Crippen molar-refractivity contribution < 1.29 is 4.79 Å². The van der Waals surface area contributed by atoms with Crippen molar-refractivity contribution in [3.63, 3.8) is 0 Å². The van der Waals surface area contributed by atoms with Crippen LogP contribution in [-0.4, -0.2) is 10.5 Å². The van der Waals surface area contributed by atoms with Gasteiger partial charge in [0.15, 0.2) is 0 Å². The Labute approximate surface area is 111 Å². The standard InChI is InChI=1S/C14H15ClN2O/c1-10(2)14(18)16-12-6-5-11(15)9-13(12)17-7-3-4-8-17/h3-10H,1-2H3,(H,16,18). The van der Waals surface area contributed by atoms with E-state index < -0.39 is 0 Å². The molecule has 0 saturated carbocycles. The van der Waals surface area contributed by atoms with Gasteiger partial charge in [-0.1, -0.05) is 25.4 Å². The number of aromatic nitrogens is 1. The van der Waals surface area contributed by atoms with E-state index in [0.717, 1.165) is 11.4 Å². The summed E-state index contributed by atoms with van der Waals surface area (Å²) in [7, 11) is 0. The van der Waals surface area contributed by atoms with Crippen molar-refractivity contribution in [2.24, 2.45) is 5.92 Å². The molecule has 0 unspecified atom stereocenters. The molecule has 0 spiro atoms. The Balaban J connectivity index is 2.38. The van der Waals surface area contributed by atoms with Crippen molar-refractivity contribution in [1.29, 1.82) is 0 Å². The van der Waals surface area contributed by atoms with Crippen molar-refractivity contribution >= 4 is 23.2 Å². The van der Waals surface area contributed by atoms with Crippen molar-refractivity contribution in [3.8, 4) is 5.69 Å². The molecule has 1 amide bonds. The molecule has 0 atom stereocenters. The Morgan fingerprint density at radius 3 is 2.56 bits per heavy atom. The molecule has 0 aliphatic rings. The summed E-state index contributed by atoms with van der Waals surface area (Å²) >= 11 is 6.01. The van der Waals surface area contributed by atoms with Crippen LogP contribution in [0.4, 0.5) is 5.69 Å². The van der Waals surface area contributed by atoms with Crippen molar-refractivity contribution in [2.75, 3.05) is 5.32 Å². The largest absolute Gasteiger partial charge is 0.324 e. The van der Waals surface area contributed by atoms with Crippen LogP contribution in [0.25, 0.3) is 5.69 Å². The van der Waals surface area contributed by atoms with E-state index in [2.05, 4.69) is 5.32 Å². The average Bonchev–Trinajstić information content (AvgIpc) is 2.84. The quantitative estimate of drug-likeness (QED) is 0.899. The third kappa shape index (κ3) is 2.74. The molecule has 0 radical (unpaired) electrons. The van der Waals surface area contributed by atoms with Crippen LogP contribution < -0.4 is 5.32 Å². The Morgan fingerprint density at radius 2 is 1.94 bits per heavy atom. The van der Waals surface area contributed by atoms with E-state index >= 15 is 0 Å². The van der Waals surface area contributed by atoms with Crippen LogP contribution in [0, 0.1) is 5.92 Å². The summed E-state index contributed by atoms with van der Waals surface area (Å²) in [5.74, 6) is -0.0658. The molecule has 18 heavy (non-hydrogen) atoms. The highest BCUT2D eigenvalue weighted by Gasteiger charge is 2.11. The summed E-state index contributed by atoms with van der Waals surface area (Å²) in [6.07, 6.45) is 3.83. The maximum Gasteiger partial charge on any atom is 0.226 e. The van der Waals surface area contributed by atoms with Crippen LogP contribution in [0.2, 0.25) is 5.02 Å². The zero-order chi connectivity index (χ0) is 13.1. The molecular weight excluding hydrogens is 248 g/mol. The van der Waals surface area contributed by atoms with E-state index in [-0.39, 0.29) is 11.8 Å². The van der Waals surface area contributed by atoms with E-state index in [1.165, 1.54) is 0 Å². The first-order valence-corrected chi connectivity index (χ1v) is 6.19. The second-order valence-electron chi connectivity index (χ2n) is 4.40. The molecule has 4 heteroatoms. The lowest BCUT2D eigenvalue weighted by atomic mass is 10.2. The Morgan fingerprint density at radius 1 is 1.28 bits per heavy atom. The van der Waals surface area contributed by atoms with Gasteiger partial charge < -0.3 is 9.88 Å². The second-order valence-corrected chi connectivity index (χ2v) is 4.83. The van der Waals surface area contributed by atoms with Gasteiger partial charge in [0.05, 0.1) is 11.4 Å². The fourth-order valence-electron chi connectivity index (χ4n) is 1.60. The van der Waals surface area contributed by atoms with Crippen LogP contribution in [0.1, 0.15) is 13.8 Å². The fourth-order valence-corrected chi connectivity index (χ4v) is 1.76. The molecule has 0 bridgehead atoms. The normalized spacial score (nSPS) is 10.7. The van der Waals surface area contributed by atoms with Gasteiger partial charge in [-0.3, -0.25) is 4.79 Å².